The molecule has 4 rings (SSSR count). The smallest absolute Gasteiger partial charge is 0.411 e. The van der Waals surface area contributed by atoms with E-state index in [-0.39, 0.29) is 11.7 Å². The van der Waals surface area contributed by atoms with Crippen LogP contribution in [0.1, 0.15) is 60.3 Å². The number of benzene rings is 3. The van der Waals surface area contributed by atoms with Gasteiger partial charge in [-0.2, -0.15) is 0 Å². The Hall–Kier alpha value is -3.93. The average molecular weight is 513 g/mol. The van der Waals surface area contributed by atoms with Crippen LogP contribution in [0.15, 0.2) is 78.9 Å². The minimum Gasteiger partial charge on any atom is -0.444 e. The van der Waals surface area contributed by atoms with Gasteiger partial charge in [0.2, 0.25) is 5.91 Å². The van der Waals surface area contributed by atoms with E-state index in [4.69, 9.17) is 4.74 Å². The molecule has 0 N–H and O–H groups in total. The molecular weight excluding hydrogens is 476 g/mol. The number of rotatable bonds is 7. The Morgan fingerprint density at radius 3 is 2.13 bits per heavy atom. The number of Topliss-reactive ketones (excluding diaryl/α,β-unsaturated/α-hetero) is 1. The molecule has 1 aliphatic rings. The van der Waals surface area contributed by atoms with Gasteiger partial charge in [-0.25, -0.2) is 4.79 Å². The minimum absolute atomic E-state index is 0.00225. The highest BCUT2D eigenvalue weighted by molar-refractivity contribution is 5.94. The third-order valence-corrected chi connectivity index (χ3v) is 6.72. The summed E-state index contributed by atoms with van der Waals surface area (Å²) in [4.78, 5) is 42.7. The first-order valence-electron chi connectivity index (χ1n) is 13.1. The highest BCUT2D eigenvalue weighted by Gasteiger charge is 2.38. The van der Waals surface area contributed by atoms with Crippen molar-refractivity contribution in [1.82, 2.24) is 9.80 Å². The zero-order chi connectivity index (χ0) is 27.3. The molecule has 0 fully saturated rings. The minimum atomic E-state index is -0.674. The lowest BCUT2D eigenvalue weighted by atomic mass is 9.93. The Morgan fingerprint density at radius 1 is 0.868 bits per heavy atom. The van der Waals surface area contributed by atoms with E-state index >= 15 is 0 Å². The van der Waals surface area contributed by atoms with Gasteiger partial charge in [0.05, 0.1) is 6.54 Å². The quantitative estimate of drug-likeness (QED) is 0.374. The summed E-state index contributed by atoms with van der Waals surface area (Å²) in [7, 11) is 0. The summed E-state index contributed by atoms with van der Waals surface area (Å²) >= 11 is 0. The van der Waals surface area contributed by atoms with Gasteiger partial charge in [-0.15, -0.1) is 0 Å². The molecule has 198 valence electrons. The Labute approximate surface area is 225 Å². The van der Waals surface area contributed by atoms with Gasteiger partial charge in [0.15, 0.2) is 5.78 Å². The first kappa shape index (κ1) is 27.1. The molecule has 0 radical (unpaired) electrons. The van der Waals surface area contributed by atoms with Crippen LogP contribution in [-0.2, 0) is 35.5 Å². The normalized spacial score (nSPS) is 14.9. The summed E-state index contributed by atoms with van der Waals surface area (Å²) in [5.41, 5.74) is 4.12. The predicted molar refractivity (Wildman–Crippen MR) is 148 cm³/mol. The fourth-order valence-electron chi connectivity index (χ4n) is 4.71. The number of amides is 2. The van der Waals surface area contributed by atoms with Crippen molar-refractivity contribution in [3.8, 4) is 0 Å². The molecule has 0 aliphatic carbocycles. The van der Waals surface area contributed by atoms with E-state index < -0.39 is 17.7 Å². The largest absolute Gasteiger partial charge is 0.444 e. The molecule has 1 atom stereocenters. The van der Waals surface area contributed by atoms with E-state index in [0.717, 1.165) is 22.3 Å². The molecule has 38 heavy (non-hydrogen) atoms. The lowest BCUT2D eigenvalue weighted by molar-refractivity contribution is -0.138. The van der Waals surface area contributed by atoms with Crippen LogP contribution in [0.3, 0.4) is 0 Å². The molecule has 6 heteroatoms. The van der Waals surface area contributed by atoms with Gasteiger partial charge in [-0.1, -0.05) is 78.9 Å². The highest BCUT2D eigenvalue weighted by atomic mass is 16.6. The summed E-state index contributed by atoms with van der Waals surface area (Å²) in [5.74, 6) is -0.112. The topological polar surface area (TPSA) is 66.9 Å². The van der Waals surface area contributed by atoms with E-state index in [1.165, 1.54) is 6.92 Å². The van der Waals surface area contributed by atoms with Crippen molar-refractivity contribution in [2.45, 2.75) is 65.3 Å². The molecule has 1 heterocycles. The summed E-state index contributed by atoms with van der Waals surface area (Å²) in [6.07, 6.45) is 0.631. The van der Waals surface area contributed by atoms with E-state index in [1.54, 1.807) is 17.0 Å². The first-order chi connectivity index (χ1) is 18.1. The van der Waals surface area contributed by atoms with Crippen molar-refractivity contribution in [3.63, 3.8) is 0 Å². The van der Waals surface area contributed by atoms with Crippen molar-refractivity contribution < 1.29 is 19.1 Å². The monoisotopic (exact) mass is 512 g/mol. The Balaban J connectivity index is 1.63. The van der Waals surface area contributed by atoms with Gasteiger partial charge >= 0.3 is 6.09 Å². The SMILES string of the molecule is CC(=O)c1ccc(CN(CCc2ccccc2)C(=O)[C@@H]2Cc3ccccc3CN2C(=O)OC(C)(C)C)cc1. The Morgan fingerprint density at radius 2 is 1.50 bits per heavy atom. The summed E-state index contributed by atoms with van der Waals surface area (Å²) in [6.45, 7) is 8.23. The van der Waals surface area contributed by atoms with Crippen LogP contribution in [-0.4, -0.2) is 45.8 Å². The molecule has 3 aromatic rings. The number of carbonyl (C=O) groups is 3. The predicted octanol–water partition coefficient (Wildman–Crippen LogP) is 5.82. The van der Waals surface area contributed by atoms with Crippen molar-refractivity contribution in [2.75, 3.05) is 6.54 Å². The molecule has 0 bridgehead atoms. The molecule has 0 aromatic heterocycles. The molecule has 0 spiro atoms. The van der Waals surface area contributed by atoms with Gasteiger partial charge < -0.3 is 9.64 Å². The number of fused-ring (bicyclic) bond motifs is 1. The van der Waals surface area contributed by atoms with E-state index in [0.29, 0.717) is 38.0 Å². The van der Waals surface area contributed by atoms with E-state index in [1.807, 2.05) is 92.4 Å². The second kappa shape index (κ2) is 11.6. The van der Waals surface area contributed by atoms with Crippen LogP contribution in [0, 0.1) is 0 Å². The highest BCUT2D eigenvalue weighted by Crippen LogP contribution is 2.27. The van der Waals surface area contributed by atoms with Crippen LogP contribution in [0.4, 0.5) is 4.79 Å². The summed E-state index contributed by atoms with van der Waals surface area (Å²) in [6, 6.07) is 24.7. The molecule has 0 saturated heterocycles. The molecule has 2 amide bonds. The first-order valence-corrected chi connectivity index (χ1v) is 13.1. The van der Waals surface area contributed by atoms with Crippen LogP contribution >= 0.6 is 0 Å². The second-order valence-electron chi connectivity index (χ2n) is 10.8. The Bertz CT molecular complexity index is 1280. The fourth-order valence-corrected chi connectivity index (χ4v) is 4.71. The van der Waals surface area contributed by atoms with Crippen LogP contribution < -0.4 is 0 Å². The number of carbonyl (C=O) groups excluding carboxylic acids is 3. The third kappa shape index (κ3) is 6.88. The summed E-state index contributed by atoms with van der Waals surface area (Å²) < 4.78 is 5.72. The van der Waals surface area contributed by atoms with E-state index in [9.17, 15) is 14.4 Å². The van der Waals surface area contributed by atoms with Gasteiger partial charge in [0.1, 0.15) is 11.6 Å². The number of hydrogen-bond acceptors (Lipinski definition) is 4. The number of nitrogens with zero attached hydrogens (tertiary/aromatic N) is 2. The zero-order valence-electron chi connectivity index (χ0n) is 22.6. The molecule has 0 unspecified atom stereocenters. The van der Waals surface area contributed by atoms with Crippen molar-refractivity contribution in [2.24, 2.45) is 0 Å². The van der Waals surface area contributed by atoms with Crippen LogP contribution in [0.5, 0.6) is 0 Å². The van der Waals surface area contributed by atoms with E-state index in [2.05, 4.69) is 0 Å². The third-order valence-electron chi connectivity index (χ3n) is 6.72. The molecule has 3 aromatic carbocycles. The molecule has 6 nitrogen and oxygen atoms in total. The lowest BCUT2D eigenvalue weighted by Gasteiger charge is -2.39. The summed E-state index contributed by atoms with van der Waals surface area (Å²) in [5, 5.41) is 0. The van der Waals surface area contributed by atoms with Crippen LogP contribution in [0.25, 0.3) is 0 Å². The van der Waals surface area contributed by atoms with Gasteiger partial charge in [0, 0.05) is 25.1 Å². The van der Waals surface area contributed by atoms with Crippen molar-refractivity contribution in [1.29, 1.82) is 0 Å². The zero-order valence-corrected chi connectivity index (χ0v) is 22.6. The maximum absolute atomic E-state index is 14.2. The number of ketones is 1. The maximum Gasteiger partial charge on any atom is 0.411 e. The fraction of sp³-hybridized carbons (Fsp3) is 0.344. The average Bonchev–Trinajstić information content (AvgIpc) is 2.89. The van der Waals surface area contributed by atoms with Gasteiger partial charge in [-0.05, 0) is 56.4 Å². The standard InChI is InChI=1S/C32H36N2O4/c1-23(35)26-16-14-25(15-17-26)21-33(19-18-24-10-6-5-7-11-24)30(36)29-20-27-12-8-9-13-28(27)22-34(29)31(37)38-32(2,3)4/h5-17,29H,18-22H2,1-4H3/t29-/m0/s1. The molecule has 1 aliphatic heterocycles. The number of ether oxygens (including phenoxy) is 1. The Kier molecular flexibility index (Phi) is 8.30. The molecule has 0 saturated carbocycles. The second-order valence-corrected chi connectivity index (χ2v) is 10.8. The number of hydrogen-bond donors (Lipinski definition) is 0. The van der Waals surface area contributed by atoms with Crippen LogP contribution in [0.2, 0.25) is 0 Å². The van der Waals surface area contributed by atoms with Crippen molar-refractivity contribution >= 4 is 17.8 Å². The van der Waals surface area contributed by atoms with Gasteiger partial charge in [0.25, 0.3) is 0 Å². The van der Waals surface area contributed by atoms with Gasteiger partial charge in [-0.3, -0.25) is 14.5 Å². The maximum atomic E-state index is 14.2. The van der Waals surface area contributed by atoms with Crippen molar-refractivity contribution in [3.05, 3.63) is 107 Å². The molecular formula is C32H36N2O4. The lowest BCUT2D eigenvalue weighted by Crippen LogP contribution is -2.54.